The molecule has 6 rings (SSSR count). The molecule has 12 nitrogen and oxygen atoms in total. The highest BCUT2D eigenvalue weighted by Crippen LogP contribution is 2.41. The topological polar surface area (TPSA) is 148 Å². The number of carboxylic acids is 1. The van der Waals surface area contributed by atoms with Crippen molar-refractivity contribution in [2.75, 3.05) is 16.9 Å². The van der Waals surface area contributed by atoms with Crippen LogP contribution < -0.4 is 19.3 Å². The lowest BCUT2D eigenvalue weighted by Crippen LogP contribution is -2.43. The molecule has 2 aliphatic rings. The molecule has 4 aromatic rings. The number of carbonyl (C=O) groups excluding carboxylic acids is 3. The largest absolute Gasteiger partial charge is 0.478 e. The van der Waals surface area contributed by atoms with Gasteiger partial charge in [-0.25, -0.2) is 45.9 Å². The van der Waals surface area contributed by atoms with Crippen LogP contribution in [0.3, 0.4) is 0 Å². The lowest BCUT2D eigenvalue weighted by atomic mass is 9.82. The molecule has 2 aliphatic carbocycles. The van der Waals surface area contributed by atoms with E-state index >= 15 is 8.78 Å². The summed E-state index contributed by atoms with van der Waals surface area (Å²) in [4.78, 5) is 61.9. The van der Waals surface area contributed by atoms with E-state index in [0.717, 1.165) is 69.9 Å². The fourth-order valence-corrected chi connectivity index (χ4v) is 9.23. The summed E-state index contributed by atoms with van der Waals surface area (Å²) in [6.45, 7) is 12.7. The average Bonchev–Trinajstić information content (AvgIpc) is 3.28. The maximum absolute atomic E-state index is 15.3. The number of aromatic nitrogens is 2. The van der Waals surface area contributed by atoms with Gasteiger partial charge in [-0.2, -0.15) is 0 Å². The van der Waals surface area contributed by atoms with E-state index in [-0.39, 0.29) is 61.3 Å². The molecule has 0 bridgehead atoms. The van der Waals surface area contributed by atoms with Crippen LogP contribution in [0.25, 0.3) is 0 Å². The molecule has 2 aromatic heterocycles. The highest BCUT2D eigenvalue weighted by Gasteiger charge is 2.36. The number of methoxy groups -OCH3 is 1. The van der Waals surface area contributed by atoms with Gasteiger partial charge in [0.15, 0.2) is 23.1 Å². The summed E-state index contributed by atoms with van der Waals surface area (Å²) in [5, 5.41) is 9.84. The van der Waals surface area contributed by atoms with E-state index in [0.29, 0.717) is 24.7 Å². The zero-order valence-corrected chi connectivity index (χ0v) is 41.8. The maximum Gasteiger partial charge on any atom is 0.340 e. The summed E-state index contributed by atoms with van der Waals surface area (Å²) in [5.74, 6) is -6.04. The molecule has 0 radical (unpaired) electrons. The number of alkyl halides is 4. The Kier molecular flexibility index (Phi) is 18.9. The number of pyridine rings is 2. The number of amides is 2. The minimum Gasteiger partial charge on any atom is -0.478 e. The van der Waals surface area contributed by atoms with Gasteiger partial charge >= 0.3 is 11.9 Å². The van der Waals surface area contributed by atoms with E-state index in [2.05, 4.69) is 23.8 Å². The third kappa shape index (κ3) is 13.0. The third-order valence-corrected chi connectivity index (χ3v) is 13.4. The van der Waals surface area contributed by atoms with Gasteiger partial charge in [0.05, 0.1) is 40.7 Å². The molecular formula is C50H57F6IN4O8. The molecule has 0 aliphatic heterocycles. The summed E-state index contributed by atoms with van der Waals surface area (Å²) >= 11 is 1.71. The highest BCUT2D eigenvalue weighted by atomic mass is 127. The van der Waals surface area contributed by atoms with Crippen molar-refractivity contribution in [1.29, 1.82) is 0 Å². The number of halogens is 7. The van der Waals surface area contributed by atoms with Crippen molar-refractivity contribution in [3.05, 3.63) is 91.8 Å². The van der Waals surface area contributed by atoms with Gasteiger partial charge in [0.1, 0.15) is 0 Å². The third-order valence-electron chi connectivity index (χ3n) is 12.4. The molecule has 0 unspecified atom stereocenters. The Morgan fingerprint density at radius 2 is 1.07 bits per heavy atom. The number of aryl methyl sites for hydroxylation is 1. The monoisotopic (exact) mass is 1080 g/mol. The zero-order chi connectivity index (χ0) is 51.0. The molecule has 2 amide bonds. The van der Waals surface area contributed by atoms with Crippen LogP contribution >= 0.6 is 22.6 Å². The molecule has 2 fully saturated rings. The smallest absolute Gasteiger partial charge is 0.340 e. The quantitative estimate of drug-likeness (QED) is 0.0735. The van der Waals surface area contributed by atoms with Crippen LogP contribution in [-0.4, -0.2) is 58.0 Å². The lowest BCUT2D eigenvalue weighted by molar-refractivity contribution is -0.124. The second kappa shape index (κ2) is 23.9. The molecule has 374 valence electrons. The SMILES string of the molecule is COC(=O)c1cc(Oc2nccc(I)c2C(F)F)c(F)cc1N(C(=O)C1CCC(C)CC1)C(C)C.Cc1ccnc(Oc2cc(C(=O)O)c(N(C(=O)C3CCC(C)CC3)C(C)C)cc2F)c1C(F)F. The van der Waals surface area contributed by atoms with Gasteiger partial charge in [0.2, 0.25) is 23.6 Å². The molecule has 0 atom stereocenters. The maximum atomic E-state index is 15.3. The number of benzene rings is 2. The van der Waals surface area contributed by atoms with Crippen LogP contribution in [0.5, 0.6) is 23.3 Å². The van der Waals surface area contributed by atoms with Gasteiger partial charge < -0.3 is 29.1 Å². The number of esters is 1. The lowest BCUT2D eigenvalue weighted by Gasteiger charge is -2.34. The Hall–Kier alpha value is -5.47. The number of hydrogen-bond acceptors (Lipinski definition) is 9. The van der Waals surface area contributed by atoms with Crippen molar-refractivity contribution in [3.8, 4) is 23.3 Å². The zero-order valence-electron chi connectivity index (χ0n) is 39.6. The summed E-state index contributed by atoms with van der Waals surface area (Å²) in [6.07, 6.45) is 3.12. The van der Waals surface area contributed by atoms with Crippen LogP contribution in [-0.2, 0) is 14.3 Å². The van der Waals surface area contributed by atoms with Crippen molar-refractivity contribution < 1.29 is 64.8 Å². The number of rotatable bonds is 14. The fourth-order valence-electron chi connectivity index (χ4n) is 8.61. The predicted octanol–water partition coefficient (Wildman–Crippen LogP) is 13.4. The molecule has 2 heterocycles. The van der Waals surface area contributed by atoms with Gasteiger partial charge in [-0.05, 0) is 138 Å². The number of hydrogen-bond donors (Lipinski definition) is 1. The molecule has 0 spiro atoms. The summed E-state index contributed by atoms with van der Waals surface area (Å²) in [5.41, 5.74) is -1.32. The number of ether oxygens (including phenoxy) is 3. The standard InChI is InChI=1S/C25H28F3IN2O4.C25H29F3N2O4/c1-13(2)31(24(32)15-7-5-14(3)6-8-15)19-12-17(26)20(11-16(19)25(33)34-4)35-23-21(22(27)28)18(29)9-10-30-23;1-13(2)30(24(31)16-7-5-14(3)6-8-16)19-12-18(26)20(11-17(19)25(32)33)34-23-21(22(27)28)15(4)9-10-29-23/h9-15,22H,5-8H2,1-4H3;9-14,16,22H,5-8H2,1-4H3,(H,32,33). The number of anilines is 2. The fraction of sp³-hybridized carbons (Fsp3) is 0.480. The van der Waals surface area contributed by atoms with Crippen molar-refractivity contribution in [1.82, 2.24) is 9.97 Å². The first-order valence-corrected chi connectivity index (χ1v) is 23.8. The van der Waals surface area contributed by atoms with Crippen molar-refractivity contribution in [2.45, 2.75) is 125 Å². The van der Waals surface area contributed by atoms with E-state index in [1.165, 1.54) is 41.2 Å². The molecule has 2 aromatic carbocycles. The van der Waals surface area contributed by atoms with E-state index in [1.807, 2.05) is 0 Å². The van der Waals surface area contributed by atoms with Crippen molar-refractivity contribution in [3.63, 3.8) is 0 Å². The Morgan fingerprint density at radius 3 is 1.48 bits per heavy atom. The first-order chi connectivity index (χ1) is 32.5. The van der Waals surface area contributed by atoms with Crippen LogP contribution in [0, 0.1) is 45.8 Å². The van der Waals surface area contributed by atoms with Gasteiger partial charge in [0.25, 0.3) is 12.9 Å². The van der Waals surface area contributed by atoms with E-state index in [1.54, 1.807) is 50.3 Å². The van der Waals surface area contributed by atoms with E-state index < -0.39 is 76.9 Å². The van der Waals surface area contributed by atoms with Crippen LogP contribution in [0.2, 0.25) is 0 Å². The summed E-state index contributed by atoms with van der Waals surface area (Å²) < 4.78 is 100. The van der Waals surface area contributed by atoms with Gasteiger partial charge in [-0.3, -0.25) is 9.59 Å². The van der Waals surface area contributed by atoms with Crippen LogP contribution in [0.15, 0.2) is 48.8 Å². The number of carbonyl (C=O) groups is 4. The van der Waals surface area contributed by atoms with E-state index in [9.17, 15) is 41.8 Å². The minimum atomic E-state index is -2.92. The first-order valence-electron chi connectivity index (χ1n) is 22.7. The molecule has 19 heteroatoms. The van der Waals surface area contributed by atoms with Crippen molar-refractivity contribution >= 4 is 57.7 Å². The summed E-state index contributed by atoms with van der Waals surface area (Å²) in [7, 11) is 1.16. The van der Waals surface area contributed by atoms with E-state index in [4.69, 9.17) is 14.2 Å². The molecule has 69 heavy (non-hydrogen) atoms. The highest BCUT2D eigenvalue weighted by molar-refractivity contribution is 14.1. The predicted molar refractivity (Wildman–Crippen MR) is 255 cm³/mol. The van der Waals surface area contributed by atoms with Crippen molar-refractivity contribution in [2.24, 2.45) is 23.7 Å². The first kappa shape index (κ1) is 54.5. The molecule has 0 saturated heterocycles. The van der Waals surface area contributed by atoms with Gasteiger partial charge in [0, 0.05) is 64.1 Å². The number of carboxylic acid groups (broad SMARTS) is 1. The second-order valence-electron chi connectivity index (χ2n) is 18.1. The Balaban J connectivity index is 0.000000258. The molecule has 1 N–H and O–H groups in total. The average molecular weight is 1080 g/mol. The Labute approximate surface area is 411 Å². The normalized spacial score (nSPS) is 18.1. The van der Waals surface area contributed by atoms with Gasteiger partial charge in [-0.15, -0.1) is 0 Å². The number of nitrogens with zero attached hydrogens (tertiary/aromatic N) is 4. The molecule has 2 saturated carbocycles. The van der Waals surface area contributed by atoms with Crippen LogP contribution in [0.4, 0.5) is 37.7 Å². The van der Waals surface area contributed by atoms with Crippen LogP contribution in [0.1, 0.15) is 143 Å². The number of aromatic carboxylic acids is 1. The second-order valence-corrected chi connectivity index (χ2v) is 19.2. The Bertz CT molecular complexity index is 2500. The van der Waals surface area contributed by atoms with Gasteiger partial charge in [-0.1, -0.05) is 13.8 Å². The minimum absolute atomic E-state index is 0.0463. The molecular weight excluding hydrogens is 1030 g/mol. The summed E-state index contributed by atoms with van der Waals surface area (Å²) in [6, 6.07) is 5.86. The Morgan fingerprint density at radius 1 is 0.667 bits per heavy atom.